The molecule has 1 atom stereocenters. The minimum absolute atomic E-state index is 0.328. The molecule has 0 spiro atoms. The molecule has 2 nitrogen and oxygen atoms in total. The molecule has 0 saturated heterocycles. The van der Waals surface area contributed by atoms with Gasteiger partial charge in [0.2, 0.25) is 0 Å². The molecule has 0 heterocycles. The maximum atomic E-state index is 13.6. The van der Waals surface area contributed by atoms with Crippen LogP contribution >= 0.6 is 0 Å². The van der Waals surface area contributed by atoms with E-state index in [9.17, 15) is 13.6 Å². The summed E-state index contributed by atoms with van der Waals surface area (Å²) >= 11 is 0. The van der Waals surface area contributed by atoms with Gasteiger partial charge >= 0.3 is 5.97 Å². The Hall–Kier alpha value is -1.71. The standard InChI is InChI=1S/C18H22F2O2/c1-4-17(2,3)16(21)22-18(10-6-5-7-11-18)13-8-9-14(19)15(20)12-13/h6,8-10,12H,4-5,7,11H2,1-3H3. The van der Waals surface area contributed by atoms with Gasteiger partial charge in [0.15, 0.2) is 17.2 Å². The van der Waals surface area contributed by atoms with Crippen molar-refractivity contribution in [2.24, 2.45) is 5.41 Å². The van der Waals surface area contributed by atoms with E-state index in [2.05, 4.69) is 0 Å². The van der Waals surface area contributed by atoms with Crippen molar-refractivity contribution in [2.45, 2.75) is 52.1 Å². The van der Waals surface area contributed by atoms with E-state index in [1.807, 2.05) is 26.8 Å². The molecule has 1 aliphatic carbocycles. The summed E-state index contributed by atoms with van der Waals surface area (Å²) in [5.74, 6) is -2.16. The first-order chi connectivity index (χ1) is 10.3. The Morgan fingerprint density at radius 1 is 1.32 bits per heavy atom. The number of ether oxygens (including phenoxy) is 1. The van der Waals surface area contributed by atoms with Crippen molar-refractivity contribution >= 4 is 5.97 Å². The van der Waals surface area contributed by atoms with Crippen LogP contribution in [-0.4, -0.2) is 5.97 Å². The van der Waals surface area contributed by atoms with E-state index in [0.717, 1.165) is 25.0 Å². The van der Waals surface area contributed by atoms with E-state index in [4.69, 9.17) is 4.74 Å². The molecule has 0 aromatic heterocycles. The molecule has 4 heteroatoms. The molecule has 22 heavy (non-hydrogen) atoms. The Bertz CT molecular complexity index is 593. The van der Waals surface area contributed by atoms with E-state index >= 15 is 0 Å². The number of allylic oxidation sites excluding steroid dienone is 1. The molecule has 120 valence electrons. The Morgan fingerprint density at radius 3 is 2.59 bits per heavy atom. The highest BCUT2D eigenvalue weighted by Gasteiger charge is 2.39. The second-order valence-electron chi connectivity index (χ2n) is 6.44. The van der Waals surface area contributed by atoms with Crippen LogP contribution in [0.1, 0.15) is 52.0 Å². The molecule has 1 unspecified atom stereocenters. The van der Waals surface area contributed by atoms with Crippen LogP contribution in [0.2, 0.25) is 0 Å². The van der Waals surface area contributed by atoms with Crippen LogP contribution in [0.15, 0.2) is 30.4 Å². The second kappa shape index (κ2) is 6.19. The van der Waals surface area contributed by atoms with Gasteiger partial charge in [0.1, 0.15) is 0 Å². The van der Waals surface area contributed by atoms with Gasteiger partial charge in [-0.3, -0.25) is 4.79 Å². The Labute approximate surface area is 130 Å². The average molecular weight is 308 g/mol. The number of hydrogen-bond donors (Lipinski definition) is 0. The molecular weight excluding hydrogens is 286 g/mol. The fraction of sp³-hybridized carbons (Fsp3) is 0.500. The first kappa shape index (κ1) is 16.7. The fourth-order valence-corrected chi connectivity index (χ4v) is 2.43. The third-order valence-corrected chi connectivity index (χ3v) is 4.43. The summed E-state index contributed by atoms with van der Waals surface area (Å²) in [6, 6.07) is 3.69. The van der Waals surface area contributed by atoms with Crippen molar-refractivity contribution in [3.8, 4) is 0 Å². The highest BCUT2D eigenvalue weighted by Crippen LogP contribution is 2.39. The van der Waals surface area contributed by atoms with Gasteiger partial charge in [-0.2, -0.15) is 0 Å². The molecular formula is C18H22F2O2. The van der Waals surface area contributed by atoms with Crippen LogP contribution in [0.3, 0.4) is 0 Å². The summed E-state index contributed by atoms with van der Waals surface area (Å²) in [5.41, 5.74) is -1.14. The van der Waals surface area contributed by atoms with Crippen molar-refractivity contribution in [3.05, 3.63) is 47.5 Å². The van der Waals surface area contributed by atoms with Crippen molar-refractivity contribution < 1.29 is 18.3 Å². The highest BCUT2D eigenvalue weighted by atomic mass is 19.2. The number of rotatable bonds is 4. The van der Waals surface area contributed by atoms with Crippen LogP contribution in [-0.2, 0) is 15.1 Å². The van der Waals surface area contributed by atoms with Crippen LogP contribution in [0.5, 0.6) is 0 Å². The van der Waals surface area contributed by atoms with E-state index in [0.29, 0.717) is 18.4 Å². The van der Waals surface area contributed by atoms with E-state index < -0.39 is 22.7 Å². The third-order valence-electron chi connectivity index (χ3n) is 4.43. The minimum Gasteiger partial charge on any atom is -0.449 e. The number of carbonyl (C=O) groups excluding carboxylic acids is 1. The van der Waals surface area contributed by atoms with Crippen molar-refractivity contribution in [1.82, 2.24) is 0 Å². The monoisotopic (exact) mass is 308 g/mol. The lowest BCUT2D eigenvalue weighted by atomic mass is 9.83. The van der Waals surface area contributed by atoms with Gasteiger partial charge in [-0.05, 0) is 57.7 Å². The SMILES string of the molecule is CCC(C)(C)C(=O)OC1(c2ccc(F)c(F)c2)C=CCCC1. The van der Waals surface area contributed by atoms with Gasteiger partial charge in [-0.1, -0.05) is 19.1 Å². The van der Waals surface area contributed by atoms with Crippen LogP contribution < -0.4 is 0 Å². The smallest absolute Gasteiger partial charge is 0.312 e. The van der Waals surface area contributed by atoms with Crippen molar-refractivity contribution in [1.29, 1.82) is 0 Å². The molecule has 1 aromatic rings. The van der Waals surface area contributed by atoms with Gasteiger partial charge < -0.3 is 4.74 Å². The molecule has 0 radical (unpaired) electrons. The Balaban J connectivity index is 2.40. The zero-order valence-electron chi connectivity index (χ0n) is 13.3. The van der Waals surface area contributed by atoms with Crippen molar-refractivity contribution in [2.75, 3.05) is 0 Å². The first-order valence-corrected chi connectivity index (χ1v) is 7.67. The highest BCUT2D eigenvalue weighted by molar-refractivity contribution is 5.76. The summed E-state index contributed by atoms with van der Waals surface area (Å²) in [6.07, 6.45) is 6.66. The second-order valence-corrected chi connectivity index (χ2v) is 6.44. The lowest BCUT2D eigenvalue weighted by Gasteiger charge is -2.36. The first-order valence-electron chi connectivity index (χ1n) is 7.67. The molecule has 0 bridgehead atoms. The zero-order valence-corrected chi connectivity index (χ0v) is 13.3. The lowest BCUT2D eigenvalue weighted by molar-refractivity contribution is -0.168. The van der Waals surface area contributed by atoms with E-state index in [1.165, 1.54) is 6.07 Å². The van der Waals surface area contributed by atoms with Crippen LogP contribution in [0, 0.1) is 17.0 Å². The minimum atomic E-state index is -1.00. The Kier molecular flexibility index (Phi) is 4.69. The lowest BCUT2D eigenvalue weighted by Crippen LogP contribution is -2.37. The maximum absolute atomic E-state index is 13.6. The normalized spacial score (nSPS) is 21.7. The van der Waals surface area contributed by atoms with Crippen molar-refractivity contribution in [3.63, 3.8) is 0 Å². The molecule has 0 aliphatic heterocycles. The average Bonchev–Trinajstić information content (AvgIpc) is 2.50. The molecule has 0 fully saturated rings. The maximum Gasteiger partial charge on any atom is 0.312 e. The Morgan fingerprint density at radius 2 is 2.05 bits per heavy atom. The van der Waals surface area contributed by atoms with Gasteiger partial charge in [0.25, 0.3) is 0 Å². The van der Waals surface area contributed by atoms with Gasteiger partial charge in [-0.25, -0.2) is 8.78 Å². The quantitative estimate of drug-likeness (QED) is 0.585. The number of esters is 1. The number of benzene rings is 1. The largest absolute Gasteiger partial charge is 0.449 e. The van der Waals surface area contributed by atoms with Crippen LogP contribution in [0.4, 0.5) is 8.78 Å². The summed E-state index contributed by atoms with van der Waals surface area (Å²) in [5, 5.41) is 0. The summed E-state index contributed by atoms with van der Waals surface area (Å²) in [6.45, 7) is 5.56. The fourth-order valence-electron chi connectivity index (χ4n) is 2.43. The molecule has 1 aromatic carbocycles. The molecule has 0 N–H and O–H groups in total. The van der Waals surface area contributed by atoms with Crippen LogP contribution in [0.25, 0.3) is 0 Å². The summed E-state index contributed by atoms with van der Waals surface area (Å²) < 4.78 is 32.6. The summed E-state index contributed by atoms with van der Waals surface area (Å²) in [7, 11) is 0. The van der Waals surface area contributed by atoms with E-state index in [-0.39, 0.29) is 5.97 Å². The topological polar surface area (TPSA) is 26.3 Å². The molecule has 0 saturated carbocycles. The molecule has 1 aliphatic rings. The third kappa shape index (κ3) is 3.21. The summed E-state index contributed by atoms with van der Waals surface area (Å²) in [4.78, 5) is 12.5. The van der Waals surface area contributed by atoms with Gasteiger partial charge in [0.05, 0.1) is 5.41 Å². The predicted molar refractivity (Wildman–Crippen MR) is 81.2 cm³/mol. The van der Waals surface area contributed by atoms with Gasteiger partial charge in [-0.15, -0.1) is 0 Å². The molecule has 2 rings (SSSR count). The zero-order chi connectivity index (χ0) is 16.4. The molecule has 0 amide bonds. The van der Waals surface area contributed by atoms with E-state index in [1.54, 1.807) is 6.08 Å². The number of halogens is 2. The predicted octanol–water partition coefficient (Wildman–Crippen LogP) is 4.88. The number of hydrogen-bond acceptors (Lipinski definition) is 2. The van der Waals surface area contributed by atoms with Gasteiger partial charge in [0, 0.05) is 5.56 Å². The number of carbonyl (C=O) groups is 1.